The number of rotatable bonds is 8. The van der Waals surface area contributed by atoms with Crippen molar-refractivity contribution in [2.45, 2.75) is 57.9 Å². The SMILES string of the molecule is CC1(CN2CCC(COc3ncc(-c4ccc(C(=O)N5CCC[C@@H]5CO)cc4)cn3)CC2)CCC1. The molecule has 2 saturated heterocycles. The summed E-state index contributed by atoms with van der Waals surface area (Å²) >= 11 is 0. The number of carbonyl (C=O) groups is 1. The van der Waals surface area contributed by atoms with Crippen LogP contribution in [0, 0.1) is 11.3 Å². The molecule has 1 atom stereocenters. The molecule has 3 fully saturated rings. The molecule has 35 heavy (non-hydrogen) atoms. The molecular formula is C28H38N4O3. The van der Waals surface area contributed by atoms with Crippen LogP contribution in [0.4, 0.5) is 0 Å². The van der Waals surface area contributed by atoms with Crippen molar-refractivity contribution in [1.82, 2.24) is 19.8 Å². The molecule has 0 radical (unpaired) electrons. The van der Waals surface area contributed by atoms with E-state index in [0.717, 1.165) is 24.0 Å². The van der Waals surface area contributed by atoms with Gasteiger partial charge in [0.2, 0.25) is 0 Å². The van der Waals surface area contributed by atoms with E-state index in [0.29, 0.717) is 36.1 Å². The monoisotopic (exact) mass is 478 g/mol. The van der Waals surface area contributed by atoms with Gasteiger partial charge in [0, 0.05) is 36.6 Å². The highest BCUT2D eigenvalue weighted by Crippen LogP contribution is 2.41. The van der Waals surface area contributed by atoms with Gasteiger partial charge in [0.25, 0.3) is 5.91 Å². The van der Waals surface area contributed by atoms with Gasteiger partial charge in [0.05, 0.1) is 19.3 Å². The molecule has 1 saturated carbocycles. The highest BCUT2D eigenvalue weighted by atomic mass is 16.5. The van der Waals surface area contributed by atoms with Crippen LogP contribution in [0.3, 0.4) is 0 Å². The summed E-state index contributed by atoms with van der Waals surface area (Å²) in [6.45, 7) is 7.42. The molecule has 1 amide bonds. The van der Waals surface area contributed by atoms with Crippen LogP contribution in [0.25, 0.3) is 11.1 Å². The summed E-state index contributed by atoms with van der Waals surface area (Å²) in [5.41, 5.74) is 3.05. The quantitative estimate of drug-likeness (QED) is 0.617. The third-order valence-corrected chi connectivity index (χ3v) is 8.26. The Hall–Kier alpha value is -2.51. The molecule has 7 nitrogen and oxygen atoms in total. The van der Waals surface area contributed by atoms with E-state index >= 15 is 0 Å². The molecule has 0 unspecified atom stereocenters. The number of carbonyl (C=O) groups excluding carboxylic acids is 1. The number of aliphatic hydroxyl groups is 1. The van der Waals surface area contributed by atoms with Gasteiger partial charge >= 0.3 is 6.01 Å². The molecule has 1 N–H and O–H groups in total. The lowest BCUT2D eigenvalue weighted by Crippen LogP contribution is -2.44. The first-order valence-electron chi connectivity index (χ1n) is 13.2. The van der Waals surface area contributed by atoms with Crippen molar-refractivity contribution in [3.05, 3.63) is 42.2 Å². The number of hydrogen-bond acceptors (Lipinski definition) is 6. The minimum Gasteiger partial charge on any atom is -0.463 e. The van der Waals surface area contributed by atoms with E-state index in [1.165, 1.54) is 51.7 Å². The van der Waals surface area contributed by atoms with E-state index in [9.17, 15) is 9.90 Å². The van der Waals surface area contributed by atoms with E-state index in [2.05, 4.69) is 21.8 Å². The van der Waals surface area contributed by atoms with Gasteiger partial charge in [-0.15, -0.1) is 0 Å². The van der Waals surface area contributed by atoms with Crippen LogP contribution in [0.15, 0.2) is 36.7 Å². The topological polar surface area (TPSA) is 78.8 Å². The van der Waals surface area contributed by atoms with Crippen LogP contribution < -0.4 is 4.74 Å². The normalized spacial score (nSPS) is 22.7. The molecule has 1 aromatic carbocycles. The van der Waals surface area contributed by atoms with Crippen molar-refractivity contribution >= 4 is 5.91 Å². The molecule has 1 aromatic heterocycles. The first-order chi connectivity index (χ1) is 17.0. The number of piperidine rings is 1. The summed E-state index contributed by atoms with van der Waals surface area (Å²) in [6, 6.07) is 7.89. The lowest BCUT2D eigenvalue weighted by atomic mass is 9.70. The summed E-state index contributed by atoms with van der Waals surface area (Å²) in [6.07, 6.45) is 11.9. The van der Waals surface area contributed by atoms with Gasteiger partial charge in [-0.05, 0) is 80.6 Å². The second-order valence-electron chi connectivity index (χ2n) is 11.0. The fraction of sp³-hybridized carbons (Fsp3) is 0.607. The zero-order valence-corrected chi connectivity index (χ0v) is 20.9. The van der Waals surface area contributed by atoms with Gasteiger partial charge in [0.15, 0.2) is 0 Å². The van der Waals surface area contributed by atoms with Gasteiger partial charge in [0.1, 0.15) is 0 Å². The first kappa shape index (κ1) is 24.2. The molecule has 3 aliphatic rings. The van der Waals surface area contributed by atoms with E-state index < -0.39 is 0 Å². The van der Waals surface area contributed by atoms with Crippen LogP contribution in [-0.2, 0) is 0 Å². The molecule has 3 heterocycles. The molecule has 2 aromatic rings. The van der Waals surface area contributed by atoms with Gasteiger partial charge in [-0.2, -0.15) is 0 Å². The number of hydrogen-bond donors (Lipinski definition) is 1. The van der Waals surface area contributed by atoms with Crippen molar-refractivity contribution in [2.24, 2.45) is 11.3 Å². The third-order valence-electron chi connectivity index (χ3n) is 8.26. The van der Waals surface area contributed by atoms with Crippen molar-refractivity contribution in [3.8, 4) is 17.1 Å². The van der Waals surface area contributed by atoms with Crippen LogP contribution >= 0.6 is 0 Å². The minimum atomic E-state index is -0.0635. The fourth-order valence-corrected chi connectivity index (χ4v) is 5.79. The van der Waals surface area contributed by atoms with Gasteiger partial charge in [-0.1, -0.05) is 25.5 Å². The highest BCUT2D eigenvalue weighted by Gasteiger charge is 2.34. The Kier molecular flexibility index (Phi) is 7.35. The predicted octanol–water partition coefficient (Wildman–Crippen LogP) is 4.02. The standard InChI is InChI=1S/C28H38N4O3/c1-28(11-3-12-28)20-31-14-9-21(10-15-31)19-35-27-29-16-24(17-30-27)22-5-7-23(8-6-22)26(34)32-13-2-4-25(32)18-33/h5-8,16-17,21,25,33H,2-4,9-15,18-20H2,1H3/t25-/m1/s1. The maximum absolute atomic E-state index is 12.8. The Morgan fingerprint density at radius 1 is 1.03 bits per heavy atom. The largest absolute Gasteiger partial charge is 0.463 e. The summed E-state index contributed by atoms with van der Waals surface area (Å²) in [5, 5.41) is 9.50. The summed E-state index contributed by atoms with van der Waals surface area (Å²) in [7, 11) is 0. The number of likely N-dealkylation sites (tertiary alicyclic amines) is 2. The Labute approximate surface area is 208 Å². The second-order valence-corrected chi connectivity index (χ2v) is 11.0. The van der Waals surface area contributed by atoms with E-state index in [-0.39, 0.29) is 18.6 Å². The van der Waals surface area contributed by atoms with Crippen molar-refractivity contribution < 1.29 is 14.6 Å². The Morgan fingerprint density at radius 3 is 2.37 bits per heavy atom. The lowest BCUT2D eigenvalue weighted by Gasteiger charge is -2.44. The number of ether oxygens (including phenoxy) is 1. The van der Waals surface area contributed by atoms with E-state index in [1.807, 2.05) is 24.3 Å². The van der Waals surface area contributed by atoms with Crippen molar-refractivity contribution in [1.29, 1.82) is 0 Å². The molecule has 7 heteroatoms. The Balaban J connectivity index is 1.09. The molecule has 188 valence electrons. The summed E-state index contributed by atoms with van der Waals surface area (Å²) < 4.78 is 5.92. The molecule has 1 aliphatic carbocycles. The van der Waals surface area contributed by atoms with Gasteiger partial charge in [-0.25, -0.2) is 9.97 Å². The zero-order valence-electron chi connectivity index (χ0n) is 20.9. The minimum absolute atomic E-state index is 0.0174. The van der Waals surface area contributed by atoms with Crippen LogP contribution in [0.5, 0.6) is 6.01 Å². The van der Waals surface area contributed by atoms with Crippen molar-refractivity contribution in [3.63, 3.8) is 0 Å². The molecule has 0 bridgehead atoms. The molecule has 2 aliphatic heterocycles. The highest BCUT2D eigenvalue weighted by molar-refractivity contribution is 5.95. The van der Waals surface area contributed by atoms with Crippen molar-refractivity contribution in [2.75, 3.05) is 39.4 Å². The van der Waals surface area contributed by atoms with Crippen LogP contribution in [-0.4, -0.2) is 76.2 Å². The Bertz CT molecular complexity index is 982. The number of nitrogens with zero attached hydrogens (tertiary/aromatic N) is 4. The van der Waals surface area contributed by atoms with Gasteiger partial charge < -0.3 is 19.6 Å². The Morgan fingerprint density at radius 2 is 1.74 bits per heavy atom. The molecular weight excluding hydrogens is 440 g/mol. The first-order valence-corrected chi connectivity index (χ1v) is 13.2. The number of benzene rings is 1. The second kappa shape index (κ2) is 10.6. The number of amides is 1. The summed E-state index contributed by atoms with van der Waals surface area (Å²) in [4.78, 5) is 26.0. The predicted molar refractivity (Wildman–Crippen MR) is 135 cm³/mol. The average Bonchev–Trinajstić information content (AvgIpc) is 3.36. The maximum atomic E-state index is 12.8. The van der Waals surface area contributed by atoms with E-state index in [1.54, 1.807) is 17.3 Å². The maximum Gasteiger partial charge on any atom is 0.316 e. The lowest BCUT2D eigenvalue weighted by molar-refractivity contribution is 0.0557. The molecule has 0 spiro atoms. The number of aliphatic hydroxyl groups excluding tert-OH is 1. The smallest absolute Gasteiger partial charge is 0.316 e. The van der Waals surface area contributed by atoms with Crippen LogP contribution in [0.1, 0.15) is 62.2 Å². The van der Waals surface area contributed by atoms with Gasteiger partial charge in [-0.3, -0.25) is 4.79 Å². The fourth-order valence-electron chi connectivity index (χ4n) is 5.79. The number of aromatic nitrogens is 2. The zero-order chi connectivity index (χ0) is 24.3. The average molecular weight is 479 g/mol. The summed E-state index contributed by atoms with van der Waals surface area (Å²) in [5.74, 6) is 0.547. The van der Waals surface area contributed by atoms with Crippen LogP contribution in [0.2, 0.25) is 0 Å². The molecule has 5 rings (SSSR count). The van der Waals surface area contributed by atoms with E-state index in [4.69, 9.17) is 4.74 Å². The third kappa shape index (κ3) is 5.67.